The number of nitrogens with zero attached hydrogens (tertiary/aromatic N) is 1. The molecule has 0 aliphatic heterocycles. The largest absolute Gasteiger partial charge is 0.480 e. The van der Waals surface area contributed by atoms with Crippen LogP contribution in [0.25, 0.3) is 10.8 Å². The lowest BCUT2D eigenvalue weighted by Gasteiger charge is -2.14. The number of carbonyl (C=O) groups excluding carboxylic acids is 2. The first-order valence-corrected chi connectivity index (χ1v) is 10.9. The second-order valence-corrected chi connectivity index (χ2v) is 7.80. The minimum absolute atomic E-state index is 0.368. The van der Waals surface area contributed by atoms with E-state index in [0.29, 0.717) is 17.1 Å². The maximum atomic E-state index is 12.4. The number of aryl methyl sites for hydroxylation is 1. The Labute approximate surface area is 197 Å². The van der Waals surface area contributed by atoms with Crippen LogP contribution in [0.3, 0.4) is 0 Å². The molecule has 34 heavy (non-hydrogen) atoms. The summed E-state index contributed by atoms with van der Waals surface area (Å²) < 4.78 is 11.3. The standard InChI is InChI=1S/C28H24N2O4/c1-19-7-5-10-23(17-19)28(32)34-24-15-13-21(14-16-24)18-29-30-27(31)20(2)33-26-12-6-9-22-8-3-4-11-25(22)26/h3-18,20H,1-2H3,(H,30,31)/b29-18-/t20-/m0/s1. The van der Waals surface area contributed by atoms with Crippen LogP contribution in [-0.4, -0.2) is 24.2 Å². The Hall–Kier alpha value is -4.45. The van der Waals surface area contributed by atoms with Gasteiger partial charge in [-0.15, -0.1) is 0 Å². The summed E-state index contributed by atoms with van der Waals surface area (Å²) in [6.07, 6.45) is 0.778. The molecule has 0 aromatic heterocycles. The molecule has 1 amide bonds. The molecule has 0 spiro atoms. The van der Waals surface area contributed by atoms with Gasteiger partial charge >= 0.3 is 5.97 Å². The van der Waals surface area contributed by atoms with Gasteiger partial charge in [0.15, 0.2) is 6.10 Å². The fourth-order valence-electron chi connectivity index (χ4n) is 3.36. The number of nitrogens with one attached hydrogen (secondary N) is 1. The predicted octanol–water partition coefficient (Wildman–Crippen LogP) is 5.29. The molecular formula is C28H24N2O4. The minimum atomic E-state index is -0.730. The molecule has 0 aliphatic carbocycles. The van der Waals surface area contributed by atoms with Crippen molar-refractivity contribution in [3.8, 4) is 11.5 Å². The van der Waals surface area contributed by atoms with E-state index in [2.05, 4.69) is 10.5 Å². The molecule has 6 heteroatoms. The lowest BCUT2D eigenvalue weighted by molar-refractivity contribution is -0.127. The number of hydrogen-bond acceptors (Lipinski definition) is 5. The highest BCUT2D eigenvalue weighted by atomic mass is 16.5. The maximum absolute atomic E-state index is 12.4. The van der Waals surface area contributed by atoms with Crippen LogP contribution in [0, 0.1) is 6.92 Å². The molecule has 1 N–H and O–H groups in total. The third-order valence-corrected chi connectivity index (χ3v) is 5.16. The lowest BCUT2D eigenvalue weighted by atomic mass is 10.1. The van der Waals surface area contributed by atoms with Gasteiger partial charge in [-0.3, -0.25) is 4.79 Å². The van der Waals surface area contributed by atoms with Crippen molar-refractivity contribution < 1.29 is 19.1 Å². The fraction of sp³-hybridized carbons (Fsp3) is 0.107. The van der Waals surface area contributed by atoms with Crippen molar-refractivity contribution in [3.05, 3.63) is 108 Å². The maximum Gasteiger partial charge on any atom is 0.343 e. The van der Waals surface area contributed by atoms with E-state index in [1.807, 2.05) is 61.5 Å². The highest BCUT2D eigenvalue weighted by molar-refractivity contribution is 5.91. The van der Waals surface area contributed by atoms with Crippen LogP contribution in [0.1, 0.15) is 28.4 Å². The van der Waals surface area contributed by atoms with E-state index in [0.717, 1.165) is 21.9 Å². The molecule has 4 rings (SSSR count). The first-order valence-electron chi connectivity index (χ1n) is 10.9. The van der Waals surface area contributed by atoms with Gasteiger partial charge in [-0.1, -0.05) is 54.1 Å². The quantitative estimate of drug-likeness (QED) is 0.179. The summed E-state index contributed by atoms with van der Waals surface area (Å²) >= 11 is 0. The number of amides is 1. The molecule has 4 aromatic rings. The number of hydrogen-bond donors (Lipinski definition) is 1. The molecule has 0 radical (unpaired) electrons. The summed E-state index contributed by atoms with van der Waals surface area (Å²) in [5, 5.41) is 5.98. The number of hydrazone groups is 1. The van der Waals surface area contributed by atoms with Crippen molar-refractivity contribution in [2.75, 3.05) is 0 Å². The van der Waals surface area contributed by atoms with Crippen LogP contribution < -0.4 is 14.9 Å². The molecule has 0 fully saturated rings. The van der Waals surface area contributed by atoms with Crippen LogP contribution in [0.4, 0.5) is 0 Å². The van der Waals surface area contributed by atoms with Crippen molar-refractivity contribution in [2.24, 2.45) is 5.10 Å². The van der Waals surface area contributed by atoms with Crippen LogP contribution in [0.5, 0.6) is 11.5 Å². The van der Waals surface area contributed by atoms with Crippen LogP contribution in [-0.2, 0) is 4.79 Å². The zero-order valence-electron chi connectivity index (χ0n) is 18.9. The number of fused-ring (bicyclic) bond motifs is 1. The second kappa shape index (κ2) is 10.4. The smallest absolute Gasteiger partial charge is 0.343 e. The number of carbonyl (C=O) groups is 2. The monoisotopic (exact) mass is 452 g/mol. The summed E-state index contributed by atoms with van der Waals surface area (Å²) in [4.78, 5) is 24.7. The Morgan fingerprint density at radius 3 is 2.44 bits per heavy atom. The third kappa shape index (κ3) is 5.66. The molecule has 0 saturated heterocycles. The average Bonchev–Trinajstić information content (AvgIpc) is 2.85. The van der Waals surface area contributed by atoms with Gasteiger partial charge in [-0.05, 0) is 67.3 Å². The normalized spacial score (nSPS) is 11.8. The first kappa shape index (κ1) is 22.7. The zero-order valence-corrected chi connectivity index (χ0v) is 18.9. The van der Waals surface area contributed by atoms with Gasteiger partial charge in [0.05, 0.1) is 11.8 Å². The lowest BCUT2D eigenvalue weighted by Crippen LogP contribution is -2.33. The van der Waals surface area contributed by atoms with Crippen molar-refractivity contribution >= 4 is 28.9 Å². The molecule has 0 unspecified atom stereocenters. The Morgan fingerprint density at radius 1 is 0.912 bits per heavy atom. The molecule has 6 nitrogen and oxygen atoms in total. The van der Waals surface area contributed by atoms with Gasteiger partial charge < -0.3 is 9.47 Å². The first-order chi connectivity index (χ1) is 16.5. The van der Waals surface area contributed by atoms with E-state index in [4.69, 9.17) is 9.47 Å². The Kier molecular flexibility index (Phi) is 6.98. The van der Waals surface area contributed by atoms with Gasteiger partial charge in [0.2, 0.25) is 0 Å². The van der Waals surface area contributed by atoms with Crippen LogP contribution >= 0.6 is 0 Å². The van der Waals surface area contributed by atoms with E-state index < -0.39 is 12.1 Å². The number of benzene rings is 4. The number of ether oxygens (including phenoxy) is 2. The highest BCUT2D eigenvalue weighted by Crippen LogP contribution is 2.26. The highest BCUT2D eigenvalue weighted by Gasteiger charge is 2.15. The van der Waals surface area contributed by atoms with Gasteiger partial charge in [-0.2, -0.15) is 5.10 Å². The Balaban J connectivity index is 1.31. The van der Waals surface area contributed by atoms with Gasteiger partial charge in [0.1, 0.15) is 11.5 Å². The van der Waals surface area contributed by atoms with E-state index in [1.165, 1.54) is 6.21 Å². The molecule has 1 atom stereocenters. The van der Waals surface area contributed by atoms with Crippen LogP contribution in [0.2, 0.25) is 0 Å². The second-order valence-electron chi connectivity index (χ2n) is 7.80. The van der Waals surface area contributed by atoms with E-state index >= 15 is 0 Å². The molecule has 0 bridgehead atoms. The average molecular weight is 453 g/mol. The minimum Gasteiger partial charge on any atom is -0.480 e. The van der Waals surface area contributed by atoms with Gasteiger partial charge in [-0.25, -0.2) is 10.2 Å². The van der Waals surface area contributed by atoms with Crippen molar-refractivity contribution in [2.45, 2.75) is 20.0 Å². The Bertz CT molecular complexity index is 1340. The number of rotatable bonds is 7. The fourth-order valence-corrected chi connectivity index (χ4v) is 3.36. The molecule has 0 saturated carbocycles. The van der Waals surface area contributed by atoms with E-state index in [9.17, 15) is 9.59 Å². The summed E-state index contributed by atoms with van der Waals surface area (Å²) in [5.41, 5.74) is 4.71. The molecule has 4 aromatic carbocycles. The molecule has 170 valence electrons. The van der Waals surface area contributed by atoms with E-state index in [-0.39, 0.29) is 5.91 Å². The van der Waals surface area contributed by atoms with Gasteiger partial charge in [0, 0.05) is 5.39 Å². The SMILES string of the molecule is Cc1cccc(C(=O)Oc2ccc(/C=N\NC(=O)[C@H](C)Oc3cccc4ccccc34)cc2)c1. The molecular weight excluding hydrogens is 428 g/mol. The van der Waals surface area contributed by atoms with E-state index in [1.54, 1.807) is 43.3 Å². The Morgan fingerprint density at radius 2 is 1.65 bits per heavy atom. The summed E-state index contributed by atoms with van der Waals surface area (Å²) in [6, 6.07) is 27.6. The molecule has 0 aliphatic rings. The summed E-state index contributed by atoms with van der Waals surface area (Å²) in [6.45, 7) is 3.59. The summed E-state index contributed by atoms with van der Waals surface area (Å²) in [7, 11) is 0. The number of esters is 1. The van der Waals surface area contributed by atoms with Crippen molar-refractivity contribution in [1.29, 1.82) is 0 Å². The van der Waals surface area contributed by atoms with Crippen LogP contribution in [0.15, 0.2) is 96.1 Å². The topological polar surface area (TPSA) is 77.0 Å². The van der Waals surface area contributed by atoms with Crippen molar-refractivity contribution in [1.82, 2.24) is 5.43 Å². The van der Waals surface area contributed by atoms with Crippen molar-refractivity contribution in [3.63, 3.8) is 0 Å². The van der Waals surface area contributed by atoms with Gasteiger partial charge in [0.25, 0.3) is 5.91 Å². The molecule has 0 heterocycles. The predicted molar refractivity (Wildman–Crippen MR) is 132 cm³/mol. The third-order valence-electron chi connectivity index (χ3n) is 5.16. The summed E-state index contributed by atoms with van der Waals surface area (Å²) in [5.74, 6) is 0.274. The zero-order chi connectivity index (χ0) is 23.9.